The molecule has 2 amide bonds. The first-order valence-corrected chi connectivity index (χ1v) is 6.20. The average molecular weight is 272 g/mol. The minimum absolute atomic E-state index is 0.251. The summed E-state index contributed by atoms with van der Waals surface area (Å²) in [6.07, 6.45) is 0.426. The fraction of sp³-hybridized carbons (Fsp3) is 0.750. The first-order valence-electron chi connectivity index (χ1n) is 6.20. The Morgan fingerprint density at radius 2 is 2.00 bits per heavy atom. The van der Waals surface area contributed by atoms with Gasteiger partial charge in [0.25, 0.3) is 0 Å². The van der Waals surface area contributed by atoms with Gasteiger partial charge in [-0.25, -0.2) is 9.59 Å². The molecule has 0 radical (unpaired) electrons. The molecule has 0 saturated carbocycles. The predicted molar refractivity (Wildman–Crippen MR) is 66.6 cm³/mol. The zero-order valence-corrected chi connectivity index (χ0v) is 11.4. The van der Waals surface area contributed by atoms with Crippen LogP contribution in [0.2, 0.25) is 0 Å². The molecule has 1 aliphatic heterocycles. The summed E-state index contributed by atoms with van der Waals surface area (Å²) in [7, 11) is 0. The Balaban J connectivity index is 2.43. The van der Waals surface area contributed by atoms with Gasteiger partial charge >= 0.3 is 12.1 Å². The first-order chi connectivity index (χ1) is 8.70. The molecule has 0 unspecified atom stereocenters. The van der Waals surface area contributed by atoms with Gasteiger partial charge in [-0.15, -0.1) is 0 Å². The third-order valence-electron chi connectivity index (χ3n) is 2.64. The SMILES string of the molecule is CC(C)(C)OC(=O)NCC(=O)N1CCC[C@@H]1C(=O)O. The van der Waals surface area contributed by atoms with Gasteiger partial charge in [-0.2, -0.15) is 0 Å². The second-order valence-electron chi connectivity index (χ2n) is 5.44. The smallest absolute Gasteiger partial charge is 0.408 e. The molecular formula is C12H20N2O5. The summed E-state index contributed by atoms with van der Waals surface area (Å²) in [5, 5.41) is 11.3. The molecule has 1 heterocycles. The van der Waals surface area contributed by atoms with E-state index in [4.69, 9.17) is 9.84 Å². The zero-order valence-electron chi connectivity index (χ0n) is 11.4. The van der Waals surface area contributed by atoms with Gasteiger partial charge < -0.3 is 20.1 Å². The lowest BCUT2D eigenvalue weighted by atomic mass is 10.2. The van der Waals surface area contributed by atoms with Crippen LogP contribution in [0, 0.1) is 0 Å². The Bertz CT molecular complexity index is 375. The van der Waals surface area contributed by atoms with E-state index < -0.39 is 29.6 Å². The molecule has 1 rings (SSSR count). The number of ether oxygens (including phenoxy) is 1. The van der Waals surface area contributed by atoms with Crippen LogP contribution < -0.4 is 5.32 Å². The molecule has 0 spiro atoms. The summed E-state index contributed by atoms with van der Waals surface area (Å²) in [6.45, 7) is 5.31. The number of likely N-dealkylation sites (tertiary alicyclic amines) is 1. The van der Waals surface area contributed by atoms with Gasteiger partial charge in [0.05, 0.1) is 0 Å². The summed E-state index contributed by atoms with van der Waals surface area (Å²) < 4.78 is 4.99. The molecule has 0 aromatic heterocycles. The lowest BCUT2D eigenvalue weighted by molar-refractivity contribution is -0.147. The first kappa shape index (κ1) is 15.3. The van der Waals surface area contributed by atoms with E-state index in [1.807, 2.05) is 0 Å². The maximum Gasteiger partial charge on any atom is 0.408 e. The number of alkyl carbamates (subject to hydrolysis) is 1. The standard InChI is InChI=1S/C12H20N2O5/c1-12(2,3)19-11(18)13-7-9(15)14-6-4-5-8(14)10(16)17/h8H,4-7H2,1-3H3,(H,13,18)(H,16,17)/t8-/m1/s1. The number of nitrogens with zero attached hydrogens (tertiary/aromatic N) is 1. The van der Waals surface area contributed by atoms with Crippen molar-refractivity contribution in [1.82, 2.24) is 10.2 Å². The molecule has 0 aromatic rings. The minimum Gasteiger partial charge on any atom is -0.480 e. The van der Waals surface area contributed by atoms with Crippen molar-refractivity contribution in [2.24, 2.45) is 0 Å². The zero-order chi connectivity index (χ0) is 14.6. The van der Waals surface area contributed by atoms with Gasteiger partial charge in [0, 0.05) is 6.54 Å². The maximum absolute atomic E-state index is 11.8. The fourth-order valence-electron chi connectivity index (χ4n) is 1.89. The number of carbonyl (C=O) groups excluding carboxylic acids is 2. The number of amides is 2. The van der Waals surface area contributed by atoms with Gasteiger partial charge in [0.15, 0.2) is 0 Å². The van der Waals surface area contributed by atoms with E-state index in [-0.39, 0.29) is 6.54 Å². The molecule has 7 nitrogen and oxygen atoms in total. The number of hydrogen-bond donors (Lipinski definition) is 2. The summed E-state index contributed by atoms with van der Waals surface area (Å²) in [6, 6.07) is -0.784. The van der Waals surface area contributed by atoms with Crippen LogP contribution >= 0.6 is 0 Å². The average Bonchev–Trinajstić information content (AvgIpc) is 2.72. The van der Waals surface area contributed by atoms with Gasteiger partial charge in [-0.1, -0.05) is 0 Å². The number of rotatable bonds is 3. The Labute approximate surface area is 111 Å². The van der Waals surface area contributed by atoms with Gasteiger partial charge in [0.2, 0.25) is 5.91 Å². The summed E-state index contributed by atoms with van der Waals surface area (Å²) in [5.74, 6) is -1.42. The van der Waals surface area contributed by atoms with Gasteiger partial charge in [-0.3, -0.25) is 4.79 Å². The molecule has 1 fully saturated rings. The topological polar surface area (TPSA) is 95.9 Å². The Morgan fingerprint density at radius 3 is 2.53 bits per heavy atom. The molecule has 0 aliphatic carbocycles. The van der Waals surface area contributed by atoms with Crippen LogP contribution in [0.5, 0.6) is 0 Å². The highest BCUT2D eigenvalue weighted by molar-refractivity contribution is 5.87. The second-order valence-corrected chi connectivity index (χ2v) is 5.44. The van der Waals surface area contributed by atoms with E-state index in [2.05, 4.69) is 5.32 Å². The summed E-state index contributed by atoms with van der Waals surface area (Å²) in [4.78, 5) is 35.4. The normalized spacial score (nSPS) is 19.1. The molecule has 1 aliphatic rings. The number of carboxylic acids is 1. The molecule has 1 saturated heterocycles. The molecule has 0 aromatic carbocycles. The highest BCUT2D eigenvalue weighted by atomic mass is 16.6. The quantitative estimate of drug-likeness (QED) is 0.783. The monoisotopic (exact) mass is 272 g/mol. The lowest BCUT2D eigenvalue weighted by Crippen LogP contribution is -2.46. The van der Waals surface area contributed by atoms with Crippen LogP contribution in [0.15, 0.2) is 0 Å². The molecule has 0 bridgehead atoms. The second kappa shape index (κ2) is 5.90. The summed E-state index contributed by atoms with van der Waals surface area (Å²) >= 11 is 0. The number of hydrogen-bond acceptors (Lipinski definition) is 4. The van der Waals surface area contributed by atoms with Crippen LogP contribution in [0.25, 0.3) is 0 Å². The third kappa shape index (κ3) is 4.76. The third-order valence-corrected chi connectivity index (χ3v) is 2.64. The van der Waals surface area contributed by atoms with Crippen molar-refractivity contribution in [3.05, 3.63) is 0 Å². The van der Waals surface area contributed by atoms with Crippen LogP contribution in [0.4, 0.5) is 4.79 Å². The van der Waals surface area contributed by atoms with Crippen molar-refractivity contribution in [3.63, 3.8) is 0 Å². The minimum atomic E-state index is -1.01. The van der Waals surface area contributed by atoms with Crippen molar-refractivity contribution in [3.8, 4) is 0 Å². The van der Waals surface area contributed by atoms with Crippen molar-refractivity contribution in [2.75, 3.05) is 13.1 Å². The predicted octanol–water partition coefficient (Wildman–Crippen LogP) is 0.587. The van der Waals surface area contributed by atoms with E-state index in [0.717, 1.165) is 0 Å². The maximum atomic E-state index is 11.8. The van der Waals surface area contributed by atoms with Crippen molar-refractivity contribution >= 4 is 18.0 Å². The van der Waals surface area contributed by atoms with E-state index in [1.165, 1.54) is 4.90 Å². The largest absolute Gasteiger partial charge is 0.480 e. The fourth-order valence-corrected chi connectivity index (χ4v) is 1.89. The van der Waals surface area contributed by atoms with Crippen molar-refractivity contribution in [1.29, 1.82) is 0 Å². The highest BCUT2D eigenvalue weighted by Crippen LogP contribution is 2.17. The lowest BCUT2D eigenvalue weighted by Gasteiger charge is -2.23. The molecular weight excluding hydrogens is 252 g/mol. The highest BCUT2D eigenvalue weighted by Gasteiger charge is 2.33. The van der Waals surface area contributed by atoms with E-state index in [9.17, 15) is 14.4 Å². The molecule has 7 heteroatoms. The molecule has 108 valence electrons. The van der Waals surface area contributed by atoms with Crippen LogP contribution in [0.1, 0.15) is 33.6 Å². The number of nitrogens with one attached hydrogen (secondary N) is 1. The van der Waals surface area contributed by atoms with E-state index in [1.54, 1.807) is 20.8 Å². The molecule has 2 N–H and O–H groups in total. The van der Waals surface area contributed by atoms with Gasteiger partial charge in [-0.05, 0) is 33.6 Å². The van der Waals surface area contributed by atoms with E-state index >= 15 is 0 Å². The van der Waals surface area contributed by atoms with Crippen molar-refractivity contribution in [2.45, 2.75) is 45.3 Å². The van der Waals surface area contributed by atoms with Gasteiger partial charge in [0.1, 0.15) is 18.2 Å². The number of carboxylic acid groups (broad SMARTS) is 1. The molecule has 1 atom stereocenters. The number of carbonyl (C=O) groups is 3. The summed E-state index contributed by atoms with van der Waals surface area (Å²) in [5.41, 5.74) is -0.635. The number of aliphatic carboxylic acids is 1. The van der Waals surface area contributed by atoms with Crippen LogP contribution in [-0.4, -0.2) is 52.7 Å². The Hall–Kier alpha value is -1.79. The van der Waals surface area contributed by atoms with Crippen LogP contribution in [-0.2, 0) is 14.3 Å². The van der Waals surface area contributed by atoms with E-state index in [0.29, 0.717) is 19.4 Å². The van der Waals surface area contributed by atoms with Crippen LogP contribution in [0.3, 0.4) is 0 Å². The molecule has 19 heavy (non-hydrogen) atoms. The Kier molecular flexibility index (Phi) is 4.74. The van der Waals surface area contributed by atoms with Crippen molar-refractivity contribution < 1.29 is 24.2 Å². The Morgan fingerprint density at radius 1 is 1.37 bits per heavy atom.